The minimum absolute atomic E-state index is 0.143. The number of carbonyl (C=O) groups is 3. The molecule has 1 aromatic rings. The van der Waals surface area contributed by atoms with Gasteiger partial charge in [-0.05, 0) is 45.7 Å². The van der Waals surface area contributed by atoms with Crippen LogP contribution in [0, 0.1) is 5.92 Å². The van der Waals surface area contributed by atoms with Crippen molar-refractivity contribution in [3.05, 3.63) is 24.3 Å². The number of piperazine rings is 1. The van der Waals surface area contributed by atoms with Crippen molar-refractivity contribution < 1.29 is 29.0 Å². The van der Waals surface area contributed by atoms with Crippen molar-refractivity contribution in [2.45, 2.75) is 39.2 Å². The summed E-state index contributed by atoms with van der Waals surface area (Å²) in [6.07, 6.45) is 0.760. The lowest BCUT2D eigenvalue weighted by Gasteiger charge is -2.37. The number of benzene rings is 1. The van der Waals surface area contributed by atoms with Gasteiger partial charge in [-0.1, -0.05) is 6.07 Å². The summed E-state index contributed by atoms with van der Waals surface area (Å²) in [5, 5.41) is 9.09. The van der Waals surface area contributed by atoms with E-state index in [1.165, 1.54) is 4.90 Å². The van der Waals surface area contributed by atoms with Gasteiger partial charge in [0, 0.05) is 51.0 Å². The molecule has 0 spiro atoms. The van der Waals surface area contributed by atoms with Crippen molar-refractivity contribution in [2.24, 2.45) is 5.92 Å². The highest BCUT2D eigenvalue weighted by molar-refractivity contribution is 5.85. The Morgan fingerprint density at radius 1 is 1.09 bits per heavy atom. The Morgan fingerprint density at radius 2 is 1.78 bits per heavy atom. The lowest BCUT2D eigenvalue weighted by Crippen LogP contribution is -2.56. The van der Waals surface area contributed by atoms with Crippen molar-refractivity contribution in [3.8, 4) is 5.75 Å². The largest absolute Gasteiger partial charge is 0.478 e. The zero-order valence-corrected chi connectivity index (χ0v) is 19.1. The summed E-state index contributed by atoms with van der Waals surface area (Å²) in [6, 6.07) is 7.56. The summed E-state index contributed by atoms with van der Waals surface area (Å²) < 4.78 is 11.3. The van der Waals surface area contributed by atoms with Gasteiger partial charge in [-0.3, -0.25) is 9.59 Å². The summed E-state index contributed by atoms with van der Waals surface area (Å²) in [4.78, 5) is 41.4. The maximum Gasteiger partial charge on any atom is 0.407 e. The van der Waals surface area contributed by atoms with E-state index in [4.69, 9.17) is 14.6 Å². The van der Waals surface area contributed by atoms with Gasteiger partial charge in [-0.2, -0.15) is 0 Å². The third kappa shape index (κ3) is 5.63. The number of amides is 2. The zero-order chi connectivity index (χ0) is 23.3. The van der Waals surface area contributed by atoms with Gasteiger partial charge in [-0.25, -0.2) is 4.79 Å². The molecule has 32 heavy (non-hydrogen) atoms. The van der Waals surface area contributed by atoms with E-state index >= 15 is 0 Å². The molecule has 1 N–H and O–H groups in total. The number of hydrogen-bond donors (Lipinski definition) is 1. The SMILES string of the molecule is CCOC(=O)[C@H]1CCCN(c2cccc(OC(C)(C)C(=O)N3CCN(C(=O)O)CC3)c2)C1. The van der Waals surface area contributed by atoms with Gasteiger partial charge in [0.05, 0.1) is 12.5 Å². The number of piperidine rings is 1. The Hall–Kier alpha value is -2.97. The van der Waals surface area contributed by atoms with Crippen LogP contribution in [0.15, 0.2) is 24.3 Å². The van der Waals surface area contributed by atoms with Crippen molar-refractivity contribution in [2.75, 3.05) is 50.8 Å². The monoisotopic (exact) mass is 447 g/mol. The van der Waals surface area contributed by atoms with Crippen LogP contribution < -0.4 is 9.64 Å². The van der Waals surface area contributed by atoms with Gasteiger partial charge >= 0.3 is 12.1 Å². The van der Waals surface area contributed by atoms with E-state index in [1.807, 2.05) is 31.2 Å². The normalized spacial score (nSPS) is 19.5. The van der Waals surface area contributed by atoms with Crippen LogP contribution >= 0.6 is 0 Å². The third-order valence-electron chi connectivity index (χ3n) is 5.95. The predicted molar refractivity (Wildman–Crippen MR) is 119 cm³/mol. The van der Waals surface area contributed by atoms with Crippen molar-refractivity contribution in [3.63, 3.8) is 0 Å². The Labute approximate surface area is 188 Å². The standard InChI is InChI=1S/C23H33N3O6/c1-4-31-20(27)17-7-6-10-26(16-17)18-8-5-9-19(15-18)32-23(2,3)21(28)24-11-13-25(14-12-24)22(29)30/h5,8-9,15,17H,4,6-7,10-14,16H2,1-3H3,(H,29,30)/t17-/m0/s1. The smallest absolute Gasteiger partial charge is 0.407 e. The number of carbonyl (C=O) groups excluding carboxylic acids is 2. The van der Waals surface area contributed by atoms with Gasteiger partial charge < -0.3 is 29.3 Å². The molecule has 0 unspecified atom stereocenters. The number of nitrogens with zero attached hydrogens (tertiary/aromatic N) is 3. The molecule has 2 aliphatic rings. The lowest BCUT2D eigenvalue weighted by molar-refractivity contribution is -0.148. The van der Waals surface area contributed by atoms with Crippen LogP contribution in [0.5, 0.6) is 5.75 Å². The van der Waals surface area contributed by atoms with Crippen LogP contribution in [0.4, 0.5) is 10.5 Å². The molecule has 3 rings (SSSR count). The number of carboxylic acid groups (broad SMARTS) is 1. The highest BCUT2D eigenvalue weighted by atomic mass is 16.5. The minimum Gasteiger partial charge on any atom is -0.478 e. The van der Waals surface area contributed by atoms with E-state index in [2.05, 4.69) is 4.90 Å². The highest BCUT2D eigenvalue weighted by Gasteiger charge is 2.36. The van der Waals surface area contributed by atoms with Gasteiger partial charge in [0.15, 0.2) is 5.60 Å². The van der Waals surface area contributed by atoms with Gasteiger partial charge in [0.25, 0.3) is 5.91 Å². The van der Waals surface area contributed by atoms with Crippen molar-refractivity contribution in [1.29, 1.82) is 0 Å². The fraction of sp³-hybridized carbons (Fsp3) is 0.609. The Morgan fingerprint density at radius 3 is 2.44 bits per heavy atom. The molecule has 0 radical (unpaired) electrons. The number of ether oxygens (including phenoxy) is 2. The molecule has 176 valence electrons. The van der Waals surface area contributed by atoms with Crippen LogP contribution in [-0.4, -0.2) is 84.4 Å². The quantitative estimate of drug-likeness (QED) is 0.669. The second kappa shape index (κ2) is 10.1. The van der Waals surface area contributed by atoms with Crippen LogP contribution in [0.3, 0.4) is 0 Å². The molecule has 0 aliphatic carbocycles. The maximum atomic E-state index is 13.0. The van der Waals surface area contributed by atoms with Crippen molar-refractivity contribution in [1.82, 2.24) is 9.80 Å². The molecule has 2 aliphatic heterocycles. The van der Waals surface area contributed by atoms with E-state index in [9.17, 15) is 14.4 Å². The Balaban J connectivity index is 1.64. The lowest BCUT2D eigenvalue weighted by atomic mass is 9.97. The fourth-order valence-corrected chi connectivity index (χ4v) is 4.23. The maximum absolute atomic E-state index is 13.0. The Kier molecular flexibility index (Phi) is 7.48. The average Bonchev–Trinajstić information content (AvgIpc) is 2.78. The topological polar surface area (TPSA) is 99.6 Å². The van der Waals surface area contributed by atoms with Crippen LogP contribution in [0.1, 0.15) is 33.6 Å². The molecular formula is C23H33N3O6. The fourth-order valence-electron chi connectivity index (χ4n) is 4.23. The first-order valence-electron chi connectivity index (χ1n) is 11.2. The summed E-state index contributed by atoms with van der Waals surface area (Å²) in [5.41, 5.74) is -0.158. The first-order chi connectivity index (χ1) is 15.2. The van der Waals surface area contributed by atoms with Crippen LogP contribution in [0.2, 0.25) is 0 Å². The summed E-state index contributed by atoms with van der Waals surface area (Å²) >= 11 is 0. The molecule has 2 saturated heterocycles. The van der Waals surface area contributed by atoms with Crippen molar-refractivity contribution >= 4 is 23.7 Å². The number of anilines is 1. The number of hydrogen-bond acceptors (Lipinski definition) is 6. The van der Waals surface area contributed by atoms with Crippen LogP contribution in [0.25, 0.3) is 0 Å². The first-order valence-corrected chi connectivity index (χ1v) is 11.2. The second-order valence-corrected chi connectivity index (χ2v) is 8.71. The van der Waals surface area contributed by atoms with E-state index in [1.54, 1.807) is 18.7 Å². The van der Waals surface area contributed by atoms with E-state index in [0.717, 1.165) is 25.1 Å². The molecule has 2 amide bonds. The molecule has 1 atom stereocenters. The zero-order valence-electron chi connectivity index (χ0n) is 19.1. The summed E-state index contributed by atoms with van der Waals surface area (Å²) in [6.45, 7) is 8.37. The predicted octanol–water partition coefficient (Wildman–Crippen LogP) is 2.45. The minimum atomic E-state index is -1.10. The molecular weight excluding hydrogens is 414 g/mol. The second-order valence-electron chi connectivity index (χ2n) is 8.71. The number of rotatable bonds is 6. The third-order valence-corrected chi connectivity index (χ3v) is 5.95. The van der Waals surface area contributed by atoms with Gasteiger partial charge in [0.2, 0.25) is 0 Å². The molecule has 0 saturated carbocycles. The molecule has 9 heteroatoms. The summed E-state index contributed by atoms with van der Waals surface area (Å²) in [7, 11) is 0. The highest BCUT2D eigenvalue weighted by Crippen LogP contribution is 2.29. The molecule has 0 bridgehead atoms. The molecule has 2 fully saturated rings. The van der Waals surface area contributed by atoms with E-state index in [-0.39, 0.29) is 17.8 Å². The number of esters is 1. The van der Waals surface area contributed by atoms with Gasteiger partial charge in [0.1, 0.15) is 5.75 Å². The molecule has 9 nitrogen and oxygen atoms in total. The van der Waals surface area contributed by atoms with Gasteiger partial charge in [-0.15, -0.1) is 0 Å². The Bertz CT molecular complexity index is 835. The summed E-state index contributed by atoms with van der Waals surface area (Å²) in [5.74, 6) is 0.103. The molecule has 0 aromatic heterocycles. The molecule has 1 aromatic carbocycles. The van der Waals surface area contributed by atoms with E-state index < -0.39 is 11.7 Å². The first kappa shape index (κ1) is 23.7. The van der Waals surface area contributed by atoms with Crippen LogP contribution in [-0.2, 0) is 14.3 Å². The van der Waals surface area contributed by atoms with E-state index in [0.29, 0.717) is 45.1 Å². The average molecular weight is 448 g/mol. The molecule has 2 heterocycles.